The average molecular weight is 287 g/mol. The molecule has 1 aliphatic rings. The van der Waals surface area contributed by atoms with Gasteiger partial charge < -0.3 is 19.3 Å². The van der Waals surface area contributed by atoms with E-state index in [0.717, 1.165) is 4.48 Å². The lowest BCUT2D eigenvalue weighted by atomic mass is 10.2. The van der Waals surface area contributed by atoms with Crippen LogP contribution in [0.4, 0.5) is 0 Å². The predicted octanol–water partition coefficient (Wildman–Crippen LogP) is 2.20. The van der Waals surface area contributed by atoms with Gasteiger partial charge in [-0.3, -0.25) is 0 Å². The van der Waals surface area contributed by atoms with Crippen LogP contribution >= 0.6 is 15.9 Å². The molecule has 0 aromatic heterocycles. The lowest BCUT2D eigenvalue weighted by molar-refractivity contribution is 0.173. The third-order valence-electron chi connectivity index (χ3n) is 2.11. The van der Waals surface area contributed by atoms with E-state index in [1.807, 2.05) is 0 Å². The maximum atomic E-state index is 9.20. The van der Waals surface area contributed by atoms with E-state index >= 15 is 0 Å². The molecule has 16 heavy (non-hydrogen) atoms. The Morgan fingerprint density at radius 2 is 2.12 bits per heavy atom. The summed E-state index contributed by atoms with van der Waals surface area (Å²) in [5.41, 5.74) is 0.665. The highest BCUT2D eigenvalue weighted by molar-refractivity contribution is 9.11. The van der Waals surface area contributed by atoms with Gasteiger partial charge in [0.1, 0.15) is 12.4 Å². The molecule has 0 spiro atoms. The van der Waals surface area contributed by atoms with Crippen molar-refractivity contribution in [1.29, 1.82) is 0 Å². The molecule has 1 heterocycles. The molecule has 0 amide bonds. The molecule has 0 radical (unpaired) electrons. The summed E-state index contributed by atoms with van der Waals surface area (Å²) in [6, 6.07) is 3.43. The molecule has 0 unspecified atom stereocenters. The van der Waals surface area contributed by atoms with Gasteiger partial charge in [-0.25, -0.2) is 0 Å². The third-order valence-corrected chi connectivity index (χ3v) is 2.34. The van der Waals surface area contributed by atoms with E-state index in [2.05, 4.69) is 22.5 Å². The zero-order chi connectivity index (χ0) is 11.5. The van der Waals surface area contributed by atoms with Gasteiger partial charge in [0.2, 0.25) is 6.79 Å². The van der Waals surface area contributed by atoms with Crippen LogP contribution < -0.4 is 14.2 Å². The third kappa shape index (κ3) is 2.31. The van der Waals surface area contributed by atoms with Crippen molar-refractivity contribution in [3.8, 4) is 17.2 Å². The molecule has 86 valence electrons. The van der Waals surface area contributed by atoms with Crippen LogP contribution in [0.3, 0.4) is 0 Å². The molecule has 2 rings (SSSR count). The molecule has 0 aliphatic carbocycles. The Morgan fingerprint density at radius 1 is 1.44 bits per heavy atom. The van der Waals surface area contributed by atoms with Crippen LogP contribution in [0.1, 0.15) is 5.56 Å². The van der Waals surface area contributed by atoms with Crippen LogP contribution in [0.15, 0.2) is 23.2 Å². The lowest BCUT2D eigenvalue weighted by Gasteiger charge is -2.10. The van der Waals surface area contributed by atoms with Gasteiger partial charge in [0.05, 0.1) is 6.61 Å². The highest BCUT2D eigenvalue weighted by atomic mass is 79.9. The van der Waals surface area contributed by atoms with Gasteiger partial charge >= 0.3 is 0 Å². The van der Waals surface area contributed by atoms with E-state index in [4.69, 9.17) is 14.2 Å². The van der Waals surface area contributed by atoms with E-state index < -0.39 is 0 Å². The zero-order valence-electron chi connectivity index (χ0n) is 8.53. The minimum atomic E-state index is -0.110. The summed E-state index contributed by atoms with van der Waals surface area (Å²) < 4.78 is 16.6. The van der Waals surface area contributed by atoms with E-state index in [9.17, 15) is 5.11 Å². The summed E-state index contributed by atoms with van der Waals surface area (Å²) in [6.45, 7) is 4.10. The van der Waals surface area contributed by atoms with Crippen molar-refractivity contribution >= 4 is 15.9 Å². The fourth-order valence-corrected chi connectivity index (χ4v) is 1.49. The fourth-order valence-electron chi connectivity index (χ4n) is 1.38. The molecule has 5 heteroatoms. The Bertz CT molecular complexity index is 417. The van der Waals surface area contributed by atoms with Crippen LogP contribution in [0.5, 0.6) is 17.2 Å². The summed E-state index contributed by atoms with van der Waals surface area (Å²) in [7, 11) is 0. The number of rotatable bonds is 4. The van der Waals surface area contributed by atoms with Crippen molar-refractivity contribution in [2.75, 3.05) is 13.4 Å². The van der Waals surface area contributed by atoms with E-state index in [1.54, 1.807) is 12.1 Å². The van der Waals surface area contributed by atoms with E-state index in [1.165, 1.54) is 0 Å². The highest BCUT2D eigenvalue weighted by Gasteiger charge is 2.17. The minimum absolute atomic E-state index is 0.110. The number of aliphatic hydroxyl groups is 1. The second-order valence-corrected chi connectivity index (χ2v) is 4.40. The Balaban J connectivity index is 2.25. The maximum absolute atomic E-state index is 9.20. The highest BCUT2D eigenvalue weighted by Crippen LogP contribution is 2.38. The van der Waals surface area contributed by atoms with Crippen molar-refractivity contribution in [3.05, 3.63) is 28.8 Å². The first-order valence-corrected chi connectivity index (χ1v) is 5.49. The summed E-state index contributed by atoms with van der Waals surface area (Å²) in [4.78, 5) is 0. The van der Waals surface area contributed by atoms with Gasteiger partial charge in [0.15, 0.2) is 11.5 Å². The molecule has 0 saturated heterocycles. The number of halogens is 1. The molecular formula is C11H11BrO4. The van der Waals surface area contributed by atoms with E-state index in [-0.39, 0.29) is 13.4 Å². The first-order valence-electron chi connectivity index (χ1n) is 4.70. The number of fused-ring (bicyclic) bond motifs is 1. The number of ether oxygens (including phenoxy) is 3. The van der Waals surface area contributed by atoms with Gasteiger partial charge in [0, 0.05) is 16.1 Å². The number of aliphatic hydroxyl groups excluding tert-OH is 1. The lowest BCUT2D eigenvalue weighted by Crippen LogP contribution is -1.99. The first kappa shape index (κ1) is 11.3. The van der Waals surface area contributed by atoms with Gasteiger partial charge in [-0.05, 0) is 6.07 Å². The molecule has 0 atom stereocenters. The van der Waals surface area contributed by atoms with Crippen LogP contribution in [0.2, 0.25) is 0 Å². The quantitative estimate of drug-likeness (QED) is 0.922. The van der Waals surface area contributed by atoms with Crippen molar-refractivity contribution < 1.29 is 19.3 Å². The second-order valence-electron chi connectivity index (χ2n) is 3.28. The van der Waals surface area contributed by atoms with Crippen LogP contribution in [0, 0.1) is 0 Å². The molecule has 1 aromatic carbocycles. The van der Waals surface area contributed by atoms with Crippen molar-refractivity contribution in [2.24, 2.45) is 0 Å². The molecule has 0 bridgehead atoms. The Hall–Kier alpha value is -1.20. The molecule has 1 N–H and O–H groups in total. The van der Waals surface area contributed by atoms with Gasteiger partial charge in [-0.1, -0.05) is 22.5 Å². The topological polar surface area (TPSA) is 47.9 Å². The van der Waals surface area contributed by atoms with Crippen molar-refractivity contribution in [2.45, 2.75) is 6.61 Å². The SMILES string of the molecule is C=C(Br)COc1cc2c(cc1CO)OCO2. The Kier molecular flexibility index (Phi) is 3.36. The zero-order valence-corrected chi connectivity index (χ0v) is 10.1. The summed E-state index contributed by atoms with van der Waals surface area (Å²) >= 11 is 3.20. The Labute approximate surface area is 102 Å². The number of hydrogen-bond donors (Lipinski definition) is 1. The molecule has 1 aromatic rings. The van der Waals surface area contributed by atoms with E-state index in [0.29, 0.717) is 29.4 Å². The standard InChI is InChI=1S/C11H11BrO4/c1-7(12)5-14-9-3-11-10(15-6-16-11)2-8(9)4-13/h2-3,13H,1,4-6H2. The van der Waals surface area contributed by atoms with Crippen molar-refractivity contribution in [3.63, 3.8) is 0 Å². The average Bonchev–Trinajstić information content (AvgIpc) is 2.71. The minimum Gasteiger partial charge on any atom is -0.488 e. The fraction of sp³-hybridized carbons (Fsp3) is 0.273. The predicted molar refractivity (Wildman–Crippen MR) is 62.0 cm³/mol. The molecule has 1 aliphatic heterocycles. The molecule has 4 nitrogen and oxygen atoms in total. The van der Waals surface area contributed by atoms with Crippen molar-refractivity contribution in [1.82, 2.24) is 0 Å². The van der Waals surface area contributed by atoms with Crippen LogP contribution in [0.25, 0.3) is 0 Å². The Morgan fingerprint density at radius 3 is 2.75 bits per heavy atom. The molecule has 0 fully saturated rings. The van der Waals surface area contributed by atoms with Crippen LogP contribution in [-0.2, 0) is 6.61 Å². The summed E-state index contributed by atoms with van der Waals surface area (Å²) in [5.74, 6) is 1.84. The first-order chi connectivity index (χ1) is 7.70. The van der Waals surface area contributed by atoms with Gasteiger partial charge in [-0.15, -0.1) is 0 Å². The van der Waals surface area contributed by atoms with Gasteiger partial charge in [0.25, 0.3) is 0 Å². The normalized spacial score (nSPS) is 12.6. The largest absolute Gasteiger partial charge is 0.488 e. The molecular weight excluding hydrogens is 276 g/mol. The number of benzene rings is 1. The molecule has 0 saturated carbocycles. The monoisotopic (exact) mass is 286 g/mol. The maximum Gasteiger partial charge on any atom is 0.231 e. The second kappa shape index (κ2) is 4.76. The summed E-state index contributed by atoms with van der Waals surface area (Å²) in [6.07, 6.45) is 0. The van der Waals surface area contributed by atoms with Gasteiger partial charge in [-0.2, -0.15) is 0 Å². The summed E-state index contributed by atoms with van der Waals surface area (Å²) in [5, 5.41) is 9.20. The van der Waals surface area contributed by atoms with Crippen LogP contribution in [-0.4, -0.2) is 18.5 Å². The smallest absolute Gasteiger partial charge is 0.231 e. The number of hydrogen-bond acceptors (Lipinski definition) is 4.